The Morgan fingerprint density at radius 2 is 2.25 bits per heavy atom. The SMILES string of the molecule is Cc1cc(C)c2c(c1)NC(CCCN)CO2. The van der Waals surface area contributed by atoms with Crippen molar-refractivity contribution in [3.05, 3.63) is 23.3 Å². The summed E-state index contributed by atoms with van der Waals surface area (Å²) in [4.78, 5) is 0. The summed E-state index contributed by atoms with van der Waals surface area (Å²) in [5.74, 6) is 1.01. The molecule has 1 heterocycles. The molecule has 2 rings (SSSR count). The fraction of sp³-hybridized carbons (Fsp3) is 0.538. The van der Waals surface area contributed by atoms with Gasteiger partial charge in [-0.25, -0.2) is 0 Å². The zero-order valence-corrected chi connectivity index (χ0v) is 10.0. The van der Waals surface area contributed by atoms with Gasteiger partial charge in [0.2, 0.25) is 0 Å². The molecular weight excluding hydrogens is 200 g/mol. The van der Waals surface area contributed by atoms with Crippen LogP contribution in [0.15, 0.2) is 12.1 Å². The van der Waals surface area contributed by atoms with Crippen molar-refractivity contribution in [1.29, 1.82) is 0 Å². The van der Waals surface area contributed by atoms with Crippen molar-refractivity contribution in [3.8, 4) is 5.75 Å². The van der Waals surface area contributed by atoms with Gasteiger partial charge in [-0.05, 0) is 50.4 Å². The Hall–Kier alpha value is -1.22. The van der Waals surface area contributed by atoms with Gasteiger partial charge in [-0.2, -0.15) is 0 Å². The smallest absolute Gasteiger partial charge is 0.145 e. The number of hydrogen-bond acceptors (Lipinski definition) is 3. The molecule has 0 radical (unpaired) electrons. The molecule has 3 nitrogen and oxygen atoms in total. The largest absolute Gasteiger partial charge is 0.489 e. The zero-order chi connectivity index (χ0) is 11.5. The molecule has 0 amide bonds. The highest BCUT2D eigenvalue weighted by atomic mass is 16.5. The second-order valence-corrected chi connectivity index (χ2v) is 4.54. The van der Waals surface area contributed by atoms with E-state index in [4.69, 9.17) is 10.5 Å². The molecule has 88 valence electrons. The molecule has 0 aliphatic carbocycles. The van der Waals surface area contributed by atoms with Gasteiger partial charge < -0.3 is 15.8 Å². The Bertz CT molecular complexity index is 376. The second kappa shape index (κ2) is 4.74. The van der Waals surface area contributed by atoms with E-state index in [1.54, 1.807) is 0 Å². The van der Waals surface area contributed by atoms with E-state index < -0.39 is 0 Å². The first-order valence-corrected chi connectivity index (χ1v) is 5.91. The Morgan fingerprint density at radius 3 is 3.00 bits per heavy atom. The van der Waals surface area contributed by atoms with Crippen LogP contribution in [0.2, 0.25) is 0 Å². The van der Waals surface area contributed by atoms with Crippen molar-refractivity contribution in [2.45, 2.75) is 32.7 Å². The molecule has 0 aromatic heterocycles. The predicted molar refractivity (Wildman–Crippen MR) is 67.1 cm³/mol. The van der Waals surface area contributed by atoms with Gasteiger partial charge in [0.25, 0.3) is 0 Å². The number of rotatable bonds is 3. The van der Waals surface area contributed by atoms with E-state index in [-0.39, 0.29) is 0 Å². The highest BCUT2D eigenvalue weighted by Gasteiger charge is 2.19. The van der Waals surface area contributed by atoms with Crippen LogP contribution in [0.5, 0.6) is 5.75 Å². The number of nitrogens with two attached hydrogens (primary N) is 1. The summed E-state index contributed by atoms with van der Waals surface area (Å²) in [6.07, 6.45) is 2.12. The number of anilines is 1. The highest BCUT2D eigenvalue weighted by molar-refractivity contribution is 5.63. The van der Waals surface area contributed by atoms with Crippen molar-refractivity contribution in [1.82, 2.24) is 0 Å². The van der Waals surface area contributed by atoms with Crippen molar-refractivity contribution < 1.29 is 4.74 Å². The molecule has 1 aromatic carbocycles. The summed E-state index contributed by atoms with van der Waals surface area (Å²) in [6, 6.07) is 4.70. The number of aryl methyl sites for hydroxylation is 2. The quantitative estimate of drug-likeness (QED) is 0.821. The van der Waals surface area contributed by atoms with E-state index in [1.807, 2.05) is 0 Å². The fourth-order valence-corrected chi connectivity index (χ4v) is 2.22. The van der Waals surface area contributed by atoms with Gasteiger partial charge in [0.15, 0.2) is 0 Å². The third-order valence-corrected chi connectivity index (χ3v) is 2.96. The summed E-state index contributed by atoms with van der Waals surface area (Å²) in [5.41, 5.74) is 9.13. The Morgan fingerprint density at radius 1 is 1.44 bits per heavy atom. The van der Waals surface area contributed by atoms with Gasteiger partial charge >= 0.3 is 0 Å². The standard InChI is InChI=1S/C13H20N2O/c1-9-6-10(2)13-12(7-9)15-11(8-16-13)4-3-5-14/h6-7,11,15H,3-5,8,14H2,1-2H3. The van der Waals surface area contributed by atoms with E-state index in [1.165, 1.54) is 11.1 Å². The second-order valence-electron chi connectivity index (χ2n) is 4.54. The van der Waals surface area contributed by atoms with Crippen molar-refractivity contribution in [2.75, 3.05) is 18.5 Å². The van der Waals surface area contributed by atoms with Gasteiger partial charge in [-0.15, -0.1) is 0 Å². The minimum absolute atomic E-state index is 0.400. The Balaban J connectivity index is 2.13. The minimum Gasteiger partial charge on any atom is -0.489 e. The maximum absolute atomic E-state index is 5.82. The van der Waals surface area contributed by atoms with E-state index >= 15 is 0 Å². The summed E-state index contributed by atoms with van der Waals surface area (Å²) >= 11 is 0. The van der Waals surface area contributed by atoms with Gasteiger partial charge in [0.05, 0.1) is 11.7 Å². The first-order valence-electron chi connectivity index (χ1n) is 5.91. The predicted octanol–water partition coefficient (Wildman–Crippen LogP) is 2.22. The Labute approximate surface area is 97.0 Å². The first-order chi connectivity index (χ1) is 7.70. The summed E-state index contributed by atoms with van der Waals surface area (Å²) in [5, 5.41) is 3.53. The molecule has 0 bridgehead atoms. The summed E-state index contributed by atoms with van der Waals surface area (Å²) in [6.45, 7) is 5.70. The molecule has 16 heavy (non-hydrogen) atoms. The number of hydrogen-bond donors (Lipinski definition) is 2. The number of ether oxygens (including phenoxy) is 1. The molecule has 0 spiro atoms. The summed E-state index contributed by atoms with van der Waals surface area (Å²) in [7, 11) is 0. The van der Waals surface area contributed by atoms with Crippen LogP contribution >= 0.6 is 0 Å². The summed E-state index contributed by atoms with van der Waals surface area (Å²) < 4.78 is 5.82. The molecule has 0 fully saturated rings. The fourth-order valence-electron chi connectivity index (χ4n) is 2.22. The van der Waals surface area contributed by atoms with Gasteiger partial charge in [0.1, 0.15) is 12.4 Å². The van der Waals surface area contributed by atoms with Crippen molar-refractivity contribution >= 4 is 5.69 Å². The molecule has 1 aliphatic rings. The van der Waals surface area contributed by atoms with Crippen LogP contribution in [0.3, 0.4) is 0 Å². The maximum atomic E-state index is 5.82. The van der Waals surface area contributed by atoms with Crippen LogP contribution in [0.1, 0.15) is 24.0 Å². The van der Waals surface area contributed by atoms with Gasteiger partial charge in [-0.1, -0.05) is 6.07 Å². The Kier molecular flexibility index (Phi) is 3.34. The molecule has 1 atom stereocenters. The lowest BCUT2D eigenvalue weighted by molar-refractivity contribution is 0.275. The van der Waals surface area contributed by atoms with Crippen LogP contribution < -0.4 is 15.8 Å². The van der Waals surface area contributed by atoms with Gasteiger partial charge in [0, 0.05) is 0 Å². The third-order valence-electron chi connectivity index (χ3n) is 2.96. The van der Waals surface area contributed by atoms with Crippen LogP contribution in [-0.4, -0.2) is 19.2 Å². The van der Waals surface area contributed by atoms with Crippen molar-refractivity contribution in [2.24, 2.45) is 5.73 Å². The van der Waals surface area contributed by atoms with E-state index in [0.717, 1.165) is 37.4 Å². The van der Waals surface area contributed by atoms with E-state index in [9.17, 15) is 0 Å². The van der Waals surface area contributed by atoms with Crippen LogP contribution in [0.4, 0.5) is 5.69 Å². The highest BCUT2D eigenvalue weighted by Crippen LogP contribution is 2.34. The topological polar surface area (TPSA) is 47.3 Å². The van der Waals surface area contributed by atoms with Crippen LogP contribution in [0, 0.1) is 13.8 Å². The number of benzene rings is 1. The molecule has 0 saturated heterocycles. The zero-order valence-electron chi connectivity index (χ0n) is 10.0. The van der Waals surface area contributed by atoms with Crippen molar-refractivity contribution in [3.63, 3.8) is 0 Å². The molecule has 1 aromatic rings. The maximum Gasteiger partial charge on any atom is 0.145 e. The number of fused-ring (bicyclic) bond motifs is 1. The monoisotopic (exact) mass is 220 g/mol. The van der Waals surface area contributed by atoms with E-state index in [2.05, 4.69) is 31.3 Å². The molecule has 0 saturated carbocycles. The molecule has 3 heteroatoms. The van der Waals surface area contributed by atoms with Crippen LogP contribution in [0.25, 0.3) is 0 Å². The lowest BCUT2D eigenvalue weighted by Gasteiger charge is -2.29. The van der Waals surface area contributed by atoms with Crippen LogP contribution in [-0.2, 0) is 0 Å². The molecule has 1 aliphatic heterocycles. The molecule has 1 unspecified atom stereocenters. The average Bonchev–Trinajstić information content (AvgIpc) is 2.25. The average molecular weight is 220 g/mol. The lowest BCUT2D eigenvalue weighted by atomic mass is 10.1. The molecule has 3 N–H and O–H groups in total. The first kappa shape index (κ1) is 11.3. The number of nitrogens with one attached hydrogen (secondary N) is 1. The van der Waals surface area contributed by atoms with Gasteiger partial charge in [-0.3, -0.25) is 0 Å². The normalized spacial score (nSPS) is 18.6. The lowest BCUT2D eigenvalue weighted by Crippen LogP contribution is -2.32. The molecular formula is C13H20N2O. The van der Waals surface area contributed by atoms with E-state index in [0.29, 0.717) is 6.04 Å². The minimum atomic E-state index is 0.400. The third kappa shape index (κ3) is 2.30.